The van der Waals surface area contributed by atoms with Crippen LogP contribution in [-0.4, -0.2) is 12.1 Å². The first kappa shape index (κ1) is 11.0. The molecule has 0 unspecified atom stereocenters. The molecular formula is C14H18N2. The largest absolute Gasteiger partial charge is 0.365 e. The predicted octanol–water partition coefficient (Wildman–Crippen LogP) is 3.25. The van der Waals surface area contributed by atoms with E-state index in [1.807, 2.05) is 12.1 Å². The second-order valence-electron chi connectivity index (χ2n) is 5.15. The monoisotopic (exact) mass is 214 g/mol. The summed E-state index contributed by atoms with van der Waals surface area (Å²) >= 11 is 0. The predicted molar refractivity (Wildman–Crippen MR) is 66.6 cm³/mol. The normalized spacial score (nSPS) is 18.5. The van der Waals surface area contributed by atoms with Crippen molar-refractivity contribution in [2.45, 2.75) is 39.2 Å². The van der Waals surface area contributed by atoms with Crippen LogP contribution in [0, 0.1) is 18.3 Å². The van der Waals surface area contributed by atoms with Crippen molar-refractivity contribution in [3.8, 4) is 6.07 Å². The zero-order chi connectivity index (χ0) is 11.8. The van der Waals surface area contributed by atoms with Crippen molar-refractivity contribution in [3.05, 3.63) is 29.3 Å². The van der Waals surface area contributed by atoms with Crippen LogP contribution in [0.25, 0.3) is 0 Å². The van der Waals surface area contributed by atoms with Gasteiger partial charge in [0.15, 0.2) is 0 Å². The van der Waals surface area contributed by atoms with Gasteiger partial charge in [0.05, 0.1) is 11.3 Å². The number of rotatable bonds is 1. The van der Waals surface area contributed by atoms with E-state index in [0.717, 1.165) is 17.8 Å². The molecule has 0 amide bonds. The Morgan fingerprint density at radius 2 is 2.12 bits per heavy atom. The third kappa shape index (κ3) is 1.67. The van der Waals surface area contributed by atoms with E-state index in [-0.39, 0.29) is 5.54 Å². The standard InChI is InChI=1S/C14H18N2/c1-11-6-4-7-12(10-15)13(11)16-9-5-8-14(16,2)3/h4,6-7H,5,8-9H2,1-3H3. The first-order valence-corrected chi connectivity index (χ1v) is 5.83. The Balaban J connectivity index is 2.52. The number of benzene rings is 1. The fraction of sp³-hybridized carbons (Fsp3) is 0.500. The van der Waals surface area contributed by atoms with Crippen LogP contribution in [0.5, 0.6) is 0 Å². The van der Waals surface area contributed by atoms with Gasteiger partial charge in [0, 0.05) is 12.1 Å². The number of aryl methyl sites for hydroxylation is 1. The van der Waals surface area contributed by atoms with Crippen LogP contribution in [0.2, 0.25) is 0 Å². The summed E-state index contributed by atoms with van der Waals surface area (Å²) in [5, 5.41) is 9.20. The lowest BCUT2D eigenvalue weighted by atomic mass is 9.99. The van der Waals surface area contributed by atoms with Crippen LogP contribution in [0.1, 0.15) is 37.8 Å². The molecule has 0 spiro atoms. The summed E-state index contributed by atoms with van der Waals surface area (Å²) in [5.74, 6) is 0. The number of nitriles is 1. The summed E-state index contributed by atoms with van der Waals surface area (Å²) < 4.78 is 0. The summed E-state index contributed by atoms with van der Waals surface area (Å²) in [7, 11) is 0. The van der Waals surface area contributed by atoms with Gasteiger partial charge in [-0.3, -0.25) is 0 Å². The van der Waals surface area contributed by atoms with Gasteiger partial charge in [-0.1, -0.05) is 12.1 Å². The molecule has 1 saturated heterocycles. The smallest absolute Gasteiger partial charge is 0.101 e. The highest BCUT2D eigenvalue weighted by atomic mass is 15.2. The summed E-state index contributed by atoms with van der Waals surface area (Å²) in [4.78, 5) is 2.39. The zero-order valence-electron chi connectivity index (χ0n) is 10.2. The minimum absolute atomic E-state index is 0.178. The number of para-hydroxylation sites is 1. The SMILES string of the molecule is Cc1cccc(C#N)c1N1CCCC1(C)C. The minimum Gasteiger partial charge on any atom is -0.365 e. The van der Waals surface area contributed by atoms with E-state index in [1.165, 1.54) is 18.4 Å². The Hall–Kier alpha value is -1.49. The lowest BCUT2D eigenvalue weighted by Crippen LogP contribution is -2.39. The molecule has 0 aliphatic carbocycles. The molecule has 1 fully saturated rings. The third-order valence-corrected chi connectivity index (χ3v) is 3.53. The number of hydrogen-bond acceptors (Lipinski definition) is 2. The van der Waals surface area contributed by atoms with Gasteiger partial charge in [0.2, 0.25) is 0 Å². The van der Waals surface area contributed by atoms with Gasteiger partial charge in [-0.05, 0) is 45.2 Å². The Morgan fingerprint density at radius 1 is 1.38 bits per heavy atom. The zero-order valence-corrected chi connectivity index (χ0v) is 10.2. The second kappa shape index (κ2) is 3.83. The Labute approximate surface area is 97.5 Å². The average Bonchev–Trinajstić information content (AvgIpc) is 2.57. The molecule has 2 heteroatoms. The molecule has 0 saturated carbocycles. The summed E-state index contributed by atoms with van der Waals surface area (Å²) in [6, 6.07) is 8.27. The van der Waals surface area contributed by atoms with Crippen molar-refractivity contribution in [2.75, 3.05) is 11.4 Å². The highest BCUT2D eigenvalue weighted by Crippen LogP contribution is 2.37. The molecule has 84 valence electrons. The Kier molecular flexibility index (Phi) is 2.63. The average molecular weight is 214 g/mol. The molecule has 1 aromatic carbocycles. The molecule has 0 bridgehead atoms. The molecule has 1 aliphatic rings. The number of hydrogen-bond donors (Lipinski definition) is 0. The number of anilines is 1. The van der Waals surface area contributed by atoms with Crippen molar-refractivity contribution in [1.29, 1.82) is 5.26 Å². The van der Waals surface area contributed by atoms with E-state index in [9.17, 15) is 5.26 Å². The summed E-state index contributed by atoms with van der Waals surface area (Å²) in [6.45, 7) is 7.66. The molecule has 16 heavy (non-hydrogen) atoms. The first-order valence-electron chi connectivity index (χ1n) is 5.83. The van der Waals surface area contributed by atoms with E-state index in [4.69, 9.17) is 0 Å². The lowest BCUT2D eigenvalue weighted by molar-refractivity contribution is 0.517. The molecule has 1 aliphatic heterocycles. The first-order chi connectivity index (χ1) is 7.56. The van der Waals surface area contributed by atoms with Gasteiger partial charge in [0.1, 0.15) is 6.07 Å². The molecule has 2 nitrogen and oxygen atoms in total. The Morgan fingerprint density at radius 3 is 2.69 bits per heavy atom. The van der Waals surface area contributed by atoms with E-state index in [2.05, 4.69) is 37.8 Å². The maximum atomic E-state index is 9.20. The third-order valence-electron chi connectivity index (χ3n) is 3.53. The molecule has 1 aromatic rings. The van der Waals surface area contributed by atoms with Crippen molar-refractivity contribution < 1.29 is 0 Å². The maximum Gasteiger partial charge on any atom is 0.101 e. The fourth-order valence-corrected chi connectivity index (χ4v) is 2.63. The van der Waals surface area contributed by atoms with Crippen molar-refractivity contribution in [3.63, 3.8) is 0 Å². The molecule has 2 rings (SSSR count). The summed E-state index contributed by atoms with van der Waals surface area (Å²) in [5.41, 5.74) is 3.31. The van der Waals surface area contributed by atoms with Gasteiger partial charge < -0.3 is 4.90 Å². The van der Waals surface area contributed by atoms with Crippen LogP contribution in [-0.2, 0) is 0 Å². The second-order valence-corrected chi connectivity index (χ2v) is 5.15. The van der Waals surface area contributed by atoms with Crippen LogP contribution in [0.3, 0.4) is 0 Å². The van der Waals surface area contributed by atoms with Crippen molar-refractivity contribution >= 4 is 5.69 Å². The van der Waals surface area contributed by atoms with Crippen LogP contribution >= 0.6 is 0 Å². The molecule has 0 atom stereocenters. The quantitative estimate of drug-likeness (QED) is 0.717. The van der Waals surface area contributed by atoms with Crippen molar-refractivity contribution in [1.82, 2.24) is 0 Å². The van der Waals surface area contributed by atoms with Gasteiger partial charge >= 0.3 is 0 Å². The minimum atomic E-state index is 0.178. The van der Waals surface area contributed by atoms with E-state index >= 15 is 0 Å². The van der Waals surface area contributed by atoms with Crippen LogP contribution in [0.4, 0.5) is 5.69 Å². The fourth-order valence-electron chi connectivity index (χ4n) is 2.63. The highest BCUT2D eigenvalue weighted by Gasteiger charge is 2.33. The van der Waals surface area contributed by atoms with Crippen LogP contribution in [0.15, 0.2) is 18.2 Å². The van der Waals surface area contributed by atoms with Crippen molar-refractivity contribution in [2.24, 2.45) is 0 Å². The van der Waals surface area contributed by atoms with Gasteiger partial charge in [0.25, 0.3) is 0 Å². The summed E-state index contributed by atoms with van der Waals surface area (Å²) in [6.07, 6.45) is 2.42. The number of nitrogens with zero attached hydrogens (tertiary/aromatic N) is 2. The van der Waals surface area contributed by atoms with Crippen LogP contribution < -0.4 is 4.90 Å². The molecule has 0 radical (unpaired) electrons. The molecule has 0 aromatic heterocycles. The van der Waals surface area contributed by atoms with Gasteiger partial charge in [-0.15, -0.1) is 0 Å². The highest BCUT2D eigenvalue weighted by molar-refractivity contribution is 5.65. The molecule has 0 N–H and O–H groups in total. The maximum absolute atomic E-state index is 9.20. The lowest BCUT2D eigenvalue weighted by Gasteiger charge is -2.35. The van der Waals surface area contributed by atoms with E-state index < -0.39 is 0 Å². The van der Waals surface area contributed by atoms with E-state index in [0.29, 0.717) is 0 Å². The van der Waals surface area contributed by atoms with Gasteiger partial charge in [-0.25, -0.2) is 0 Å². The van der Waals surface area contributed by atoms with Gasteiger partial charge in [-0.2, -0.15) is 5.26 Å². The topological polar surface area (TPSA) is 27.0 Å². The van der Waals surface area contributed by atoms with E-state index in [1.54, 1.807) is 0 Å². The molecule has 1 heterocycles. The Bertz CT molecular complexity index is 441. The molecular weight excluding hydrogens is 196 g/mol.